The molecule has 6 nitrogen and oxygen atoms in total. The number of aliphatic hydroxyl groups is 1. The average Bonchev–Trinajstić information content (AvgIpc) is 3.25. The van der Waals surface area contributed by atoms with E-state index in [-0.39, 0.29) is 18.6 Å². The van der Waals surface area contributed by atoms with Crippen molar-refractivity contribution in [3.63, 3.8) is 0 Å². The first-order chi connectivity index (χ1) is 14.5. The smallest absolute Gasteiger partial charge is 0.257 e. The number of amides is 1. The van der Waals surface area contributed by atoms with Crippen LogP contribution in [0.3, 0.4) is 0 Å². The Morgan fingerprint density at radius 1 is 1.23 bits per heavy atom. The number of β-amino-alcohol motifs (C(OH)–C–C–N with tert-alkyl or cyclic N) is 1. The van der Waals surface area contributed by atoms with Crippen molar-refractivity contribution in [1.29, 1.82) is 0 Å². The number of benzene rings is 1. The van der Waals surface area contributed by atoms with Gasteiger partial charge >= 0.3 is 0 Å². The highest BCUT2D eigenvalue weighted by molar-refractivity contribution is 5.95. The van der Waals surface area contributed by atoms with Gasteiger partial charge in [-0.1, -0.05) is 45.2 Å². The quantitative estimate of drug-likeness (QED) is 0.772. The molecule has 0 radical (unpaired) electrons. The highest BCUT2D eigenvalue weighted by Gasteiger charge is 2.34. The van der Waals surface area contributed by atoms with Crippen molar-refractivity contribution in [2.45, 2.75) is 76.4 Å². The summed E-state index contributed by atoms with van der Waals surface area (Å²) in [7, 11) is 0. The third kappa shape index (κ3) is 4.53. The minimum atomic E-state index is -0.713. The molecular formula is C24H33N3O3. The van der Waals surface area contributed by atoms with Gasteiger partial charge < -0.3 is 14.7 Å². The minimum Gasteiger partial charge on any atom is -0.488 e. The van der Waals surface area contributed by atoms with E-state index in [1.165, 1.54) is 24.8 Å². The molecule has 1 saturated carbocycles. The van der Waals surface area contributed by atoms with Gasteiger partial charge in [-0.25, -0.2) is 0 Å². The van der Waals surface area contributed by atoms with Gasteiger partial charge in [0.05, 0.1) is 24.0 Å². The van der Waals surface area contributed by atoms with Crippen LogP contribution in [0.2, 0.25) is 0 Å². The highest BCUT2D eigenvalue weighted by atomic mass is 16.5. The molecule has 2 aromatic rings. The summed E-state index contributed by atoms with van der Waals surface area (Å²) < 4.78 is 6.09. The lowest BCUT2D eigenvalue weighted by Crippen LogP contribution is -2.51. The Bertz CT molecular complexity index is 857. The molecule has 0 spiro atoms. The molecule has 0 bridgehead atoms. The Hall–Kier alpha value is -2.34. The van der Waals surface area contributed by atoms with Gasteiger partial charge in [0.25, 0.3) is 5.91 Å². The summed E-state index contributed by atoms with van der Waals surface area (Å²) in [4.78, 5) is 14.9. The first-order valence-corrected chi connectivity index (χ1v) is 11.3. The minimum absolute atomic E-state index is 0.0383. The first-order valence-electron chi connectivity index (χ1n) is 11.3. The van der Waals surface area contributed by atoms with Crippen molar-refractivity contribution in [3.05, 3.63) is 47.3 Å². The van der Waals surface area contributed by atoms with Crippen LogP contribution in [0.5, 0.6) is 5.75 Å². The van der Waals surface area contributed by atoms with Crippen LogP contribution in [-0.2, 0) is 0 Å². The Kier molecular flexibility index (Phi) is 6.42. The largest absolute Gasteiger partial charge is 0.488 e. The Morgan fingerprint density at radius 2 is 2.03 bits per heavy atom. The normalized spacial score (nSPS) is 23.0. The van der Waals surface area contributed by atoms with Crippen molar-refractivity contribution >= 4 is 5.91 Å². The lowest BCUT2D eigenvalue weighted by atomic mass is 9.85. The van der Waals surface area contributed by atoms with E-state index in [4.69, 9.17) is 4.74 Å². The van der Waals surface area contributed by atoms with Crippen LogP contribution in [0.15, 0.2) is 30.5 Å². The molecule has 2 N–H and O–H groups in total. The number of carbonyl (C=O) groups excluding carboxylic acids is 1. The summed E-state index contributed by atoms with van der Waals surface area (Å²) >= 11 is 0. The zero-order valence-electron chi connectivity index (χ0n) is 18.0. The molecule has 30 heavy (non-hydrogen) atoms. The highest BCUT2D eigenvalue weighted by Crippen LogP contribution is 2.34. The summed E-state index contributed by atoms with van der Waals surface area (Å²) in [5, 5.41) is 17.9. The van der Waals surface area contributed by atoms with E-state index in [9.17, 15) is 9.90 Å². The second-order valence-electron chi connectivity index (χ2n) is 9.02. The maximum atomic E-state index is 13.2. The average molecular weight is 412 g/mol. The van der Waals surface area contributed by atoms with E-state index in [1.807, 2.05) is 18.2 Å². The van der Waals surface area contributed by atoms with Crippen molar-refractivity contribution in [1.82, 2.24) is 15.1 Å². The van der Waals surface area contributed by atoms with Crippen molar-refractivity contribution in [3.8, 4) is 5.75 Å². The SMILES string of the molecule is CC(C)c1cccc(O[C@@H]2CCN(C(=O)c3cn[nH]c3C3CCCCC3)C[C@H]2O)c1. The third-order valence-electron chi connectivity index (χ3n) is 6.53. The molecule has 2 aliphatic rings. The molecule has 1 aromatic carbocycles. The molecule has 4 rings (SSSR count). The number of nitrogens with one attached hydrogen (secondary N) is 1. The van der Waals surface area contributed by atoms with Gasteiger partial charge in [-0.05, 0) is 36.5 Å². The van der Waals surface area contributed by atoms with Gasteiger partial charge in [-0.15, -0.1) is 0 Å². The number of H-pyrrole nitrogens is 1. The maximum Gasteiger partial charge on any atom is 0.257 e. The summed E-state index contributed by atoms with van der Waals surface area (Å²) in [6.07, 6.45) is 7.14. The molecule has 162 valence electrons. The molecule has 1 aromatic heterocycles. The van der Waals surface area contributed by atoms with Crippen molar-refractivity contribution < 1.29 is 14.6 Å². The number of aliphatic hydroxyl groups excluding tert-OH is 1. The van der Waals surface area contributed by atoms with Gasteiger partial charge in [0, 0.05) is 18.9 Å². The number of ether oxygens (including phenoxy) is 1. The van der Waals surface area contributed by atoms with E-state index in [1.54, 1.807) is 11.1 Å². The van der Waals surface area contributed by atoms with Crippen LogP contribution in [0, 0.1) is 0 Å². The summed E-state index contributed by atoms with van der Waals surface area (Å²) in [5.41, 5.74) is 2.85. The Morgan fingerprint density at radius 3 is 2.77 bits per heavy atom. The van der Waals surface area contributed by atoms with Gasteiger partial charge in [-0.2, -0.15) is 5.10 Å². The van der Waals surface area contributed by atoms with Crippen LogP contribution in [0.25, 0.3) is 0 Å². The lowest BCUT2D eigenvalue weighted by molar-refractivity contribution is -0.0199. The summed E-state index contributed by atoms with van der Waals surface area (Å²) in [6.45, 7) is 5.15. The fraction of sp³-hybridized carbons (Fsp3) is 0.583. The van der Waals surface area contributed by atoms with Crippen LogP contribution in [-0.4, -0.2) is 51.4 Å². The fourth-order valence-electron chi connectivity index (χ4n) is 4.69. The fourth-order valence-corrected chi connectivity index (χ4v) is 4.69. The van der Waals surface area contributed by atoms with Crippen LogP contribution in [0.4, 0.5) is 0 Å². The summed E-state index contributed by atoms with van der Waals surface area (Å²) in [6, 6.07) is 8.04. The number of aromatic amines is 1. The van der Waals surface area contributed by atoms with E-state index in [0.29, 0.717) is 30.4 Å². The molecule has 1 aliphatic carbocycles. The van der Waals surface area contributed by atoms with Crippen LogP contribution < -0.4 is 4.74 Å². The maximum absolute atomic E-state index is 13.2. The monoisotopic (exact) mass is 411 g/mol. The van der Waals surface area contributed by atoms with Gasteiger partial charge in [0.1, 0.15) is 18.0 Å². The number of rotatable bonds is 5. The second kappa shape index (κ2) is 9.21. The predicted molar refractivity (Wildman–Crippen MR) is 116 cm³/mol. The number of aromatic nitrogens is 2. The van der Waals surface area contributed by atoms with E-state index < -0.39 is 6.10 Å². The Balaban J connectivity index is 1.39. The van der Waals surface area contributed by atoms with Crippen LogP contribution >= 0.6 is 0 Å². The third-order valence-corrected chi connectivity index (χ3v) is 6.53. The van der Waals surface area contributed by atoms with Crippen molar-refractivity contribution in [2.75, 3.05) is 13.1 Å². The molecule has 1 saturated heterocycles. The van der Waals surface area contributed by atoms with Crippen LogP contribution in [0.1, 0.15) is 85.8 Å². The zero-order valence-corrected chi connectivity index (χ0v) is 18.0. The predicted octanol–water partition coefficient (Wildman–Crippen LogP) is 4.24. The molecule has 0 unspecified atom stereocenters. The van der Waals surface area contributed by atoms with Gasteiger partial charge in [-0.3, -0.25) is 9.89 Å². The Labute approximate surface area is 178 Å². The number of piperidine rings is 1. The molecular weight excluding hydrogens is 378 g/mol. The van der Waals surface area contributed by atoms with Gasteiger partial charge in [0.2, 0.25) is 0 Å². The van der Waals surface area contributed by atoms with Crippen molar-refractivity contribution in [2.24, 2.45) is 0 Å². The molecule has 2 fully saturated rings. The molecule has 1 aliphatic heterocycles. The first kappa shape index (κ1) is 20.9. The molecule has 6 heteroatoms. The van der Waals surface area contributed by atoms with Gasteiger partial charge in [0.15, 0.2) is 0 Å². The number of nitrogens with zero attached hydrogens (tertiary/aromatic N) is 2. The standard InChI is InChI=1S/C24H33N3O3/c1-16(2)18-9-6-10-19(13-18)30-22-11-12-27(15-21(22)28)24(29)20-14-25-26-23(20)17-7-4-3-5-8-17/h6,9-10,13-14,16-17,21-22,28H,3-5,7-8,11-12,15H2,1-2H3,(H,25,26)/t21-,22-/m1/s1. The number of likely N-dealkylation sites (tertiary alicyclic amines) is 1. The van der Waals surface area contributed by atoms with E-state index >= 15 is 0 Å². The zero-order chi connectivity index (χ0) is 21.1. The number of hydrogen-bond donors (Lipinski definition) is 2. The number of hydrogen-bond acceptors (Lipinski definition) is 4. The van der Waals surface area contributed by atoms with E-state index in [2.05, 4.69) is 30.1 Å². The topological polar surface area (TPSA) is 78.5 Å². The number of carbonyl (C=O) groups is 1. The summed E-state index contributed by atoms with van der Waals surface area (Å²) in [5.74, 6) is 1.55. The second-order valence-corrected chi connectivity index (χ2v) is 9.02. The molecule has 2 heterocycles. The lowest BCUT2D eigenvalue weighted by Gasteiger charge is -2.36. The molecule has 2 atom stereocenters. The molecule has 1 amide bonds. The van der Waals surface area contributed by atoms with E-state index in [0.717, 1.165) is 24.3 Å².